The first kappa shape index (κ1) is 25.9. The van der Waals surface area contributed by atoms with Crippen LogP contribution in [0.5, 0.6) is 0 Å². The number of pyridine rings is 1. The molecule has 2 fully saturated rings. The lowest BCUT2D eigenvalue weighted by atomic mass is 9.74. The van der Waals surface area contributed by atoms with Crippen molar-refractivity contribution in [1.82, 2.24) is 10.3 Å². The third-order valence-corrected chi connectivity index (χ3v) is 7.32. The lowest BCUT2D eigenvalue weighted by Crippen LogP contribution is -2.36. The number of carbonyl (C=O) groups is 2. The molecule has 0 bridgehead atoms. The molecule has 1 aromatic carbocycles. The van der Waals surface area contributed by atoms with Gasteiger partial charge < -0.3 is 14.8 Å². The zero-order valence-corrected chi connectivity index (χ0v) is 21.0. The largest absolute Gasteiger partial charge is 0.462 e. The molecule has 1 amide bonds. The first-order chi connectivity index (χ1) is 17.4. The van der Waals surface area contributed by atoms with E-state index in [2.05, 4.69) is 16.4 Å². The van der Waals surface area contributed by atoms with Crippen LogP contribution in [0.2, 0.25) is 0 Å². The number of benzene rings is 1. The fourth-order valence-corrected chi connectivity index (χ4v) is 5.58. The predicted molar refractivity (Wildman–Crippen MR) is 136 cm³/mol. The standard InChI is InChI=1S/C29H35FN2O4/c1-3-35-29(34)32-25-10-5-7-20(27-19(2)36-28(33)26(27)12-6-11-25)13-15-24-16-14-22(18-31-24)21-8-4-9-23(30)17-21/h4,8-9,13-20,25-27H,3,5-7,10-12H2,1-2H3,(H,32,34)/t19-,20-,25+,26+,27-/m0/s1. The number of carbonyl (C=O) groups excluding carboxylic acids is 2. The topological polar surface area (TPSA) is 77.5 Å². The molecule has 2 aromatic rings. The van der Waals surface area contributed by atoms with Crippen molar-refractivity contribution in [3.8, 4) is 11.1 Å². The van der Waals surface area contributed by atoms with Crippen molar-refractivity contribution in [2.45, 2.75) is 64.5 Å². The lowest BCUT2D eigenvalue weighted by molar-refractivity contribution is -0.143. The number of hydrogen-bond donors (Lipinski definition) is 1. The Kier molecular flexibility index (Phi) is 8.73. The van der Waals surface area contributed by atoms with Crippen molar-refractivity contribution in [3.63, 3.8) is 0 Å². The number of allylic oxidation sites excluding steroid dienone is 1. The SMILES string of the molecule is CCOC(=O)N[C@@H]1CCC[C@@H](C=Cc2ccc(-c3cccc(F)c3)cn2)[C@@H]2[C@H](C)OC(=O)[C@@H]2CCC1. The van der Waals surface area contributed by atoms with Crippen LogP contribution in [-0.4, -0.2) is 35.8 Å². The Bertz CT molecular complexity index is 1070. The van der Waals surface area contributed by atoms with Gasteiger partial charge in [-0.05, 0) is 75.3 Å². The second kappa shape index (κ2) is 12.2. The number of amides is 1. The number of halogens is 1. The molecule has 6 nitrogen and oxygen atoms in total. The molecular formula is C29H35FN2O4. The van der Waals surface area contributed by atoms with Crippen LogP contribution in [0, 0.1) is 23.6 Å². The minimum atomic E-state index is -0.379. The summed E-state index contributed by atoms with van der Waals surface area (Å²) in [5, 5.41) is 2.98. The van der Waals surface area contributed by atoms with E-state index in [1.807, 2.05) is 31.2 Å². The second-order valence-corrected chi connectivity index (χ2v) is 9.75. The number of nitrogens with zero attached hydrogens (tertiary/aromatic N) is 1. The van der Waals surface area contributed by atoms with Crippen molar-refractivity contribution in [2.75, 3.05) is 6.61 Å². The zero-order chi connectivity index (χ0) is 25.5. The van der Waals surface area contributed by atoms with Crippen molar-refractivity contribution < 1.29 is 23.5 Å². The fourth-order valence-electron chi connectivity index (χ4n) is 5.58. The molecule has 1 N–H and O–H groups in total. The molecule has 0 radical (unpaired) electrons. The van der Waals surface area contributed by atoms with E-state index in [0.717, 1.165) is 55.3 Å². The summed E-state index contributed by atoms with van der Waals surface area (Å²) >= 11 is 0. The van der Waals surface area contributed by atoms with E-state index in [-0.39, 0.29) is 47.8 Å². The van der Waals surface area contributed by atoms with E-state index in [0.29, 0.717) is 6.61 Å². The number of ether oxygens (including phenoxy) is 2. The summed E-state index contributed by atoms with van der Waals surface area (Å²) < 4.78 is 24.3. The summed E-state index contributed by atoms with van der Waals surface area (Å²) in [6, 6.07) is 10.4. The second-order valence-electron chi connectivity index (χ2n) is 9.75. The Labute approximate surface area is 212 Å². The first-order valence-corrected chi connectivity index (χ1v) is 13.0. The third kappa shape index (κ3) is 6.50. The normalized spacial score (nSPS) is 26.8. The third-order valence-electron chi connectivity index (χ3n) is 7.32. The van der Waals surface area contributed by atoms with Gasteiger partial charge in [-0.2, -0.15) is 0 Å². The number of rotatable bonds is 5. The Balaban J connectivity index is 1.48. The fraction of sp³-hybridized carbons (Fsp3) is 0.483. The smallest absolute Gasteiger partial charge is 0.407 e. The van der Waals surface area contributed by atoms with Gasteiger partial charge in [0.05, 0.1) is 18.2 Å². The lowest BCUT2D eigenvalue weighted by Gasteiger charge is -2.29. The molecule has 192 valence electrons. The molecule has 2 aliphatic rings. The summed E-state index contributed by atoms with van der Waals surface area (Å²) in [5.41, 5.74) is 2.45. The monoisotopic (exact) mass is 494 g/mol. The van der Waals surface area contributed by atoms with E-state index in [4.69, 9.17) is 9.47 Å². The van der Waals surface area contributed by atoms with Gasteiger partial charge in [-0.15, -0.1) is 0 Å². The maximum atomic E-state index is 13.6. The van der Waals surface area contributed by atoms with E-state index in [9.17, 15) is 14.0 Å². The Morgan fingerprint density at radius 3 is 2.69 bits per heavy atom. The first-order valence-electron chi connectivity index (χ1n) is 13.0. The molecule has 1 saturated carbocycles. The highest BCUT2D eigenvalue weighted by Crippen LogP contribution is 2.41. The van der Waals surface area contributed by atoms with Gasteiger partial charge in [-0.3, -0.25) is 9.78 Å². The predicted octanol–water partition coefficient (Wildman–Crippen LogP) is 6.16. The minimum Gasteiger partial charge on any atom is -0.462 e. The molecule has 1 aliphatic carbocycles. The molecule has 7 heteroatoms. The number of esters is 1. The maximum absolute atomic E-state index is 13.6. The van der Waals surface area contributed by atoms with Gasteiger partial charge in [0, 0.05) is 23.7 Å². The quantitative estimate of drug-likeness (QED) is 0.504. The Morgan fingerprint density at radius 2 is 1.97 bits per heavy atom. The molecule has 36 heavy (non-hydrogen) atoms. The molecule has 0 unspecified atom stereocenters. The minimum absolute atomic E-state index is 0.0390. The Hall–Kier alpha value is -3.22. The average molecular weight is 495 g/mol. The van der Waals surface area contributed by atoms with Crippen molar-refractivity contribution in [1.29, 1.82) is 0 Å². The zero-order valence-electron chi connectivity index (χ0n) is 21.0. The van der Waals surface area contributed by atoms with E-state index in [1.165, 1.54) is 12.1 Å². The number of nitrogens with one attached hydrogen (secondary N) is 1. The van der Waals surface area contributed by atoms with E-state index >= 15 is 0 Å². The highest BCUT2D eigenvalue weighted by molar-refractivity contribution is 5.75. The van der Waals surface area contributed by atoms with Gasteiger partial charge in [-0.25, -0.2) is 9.18 Å². The van der Waals surface area contributed by atoms with E-state index in [1.54, 1.807) is 19.2 Å². The molecule has 1 saturated heterocycles. The molecule has 0 spiro atoms. The van der Waals surface area contributed by atoms with Crippen molar-refractivity contribution >= 4 is 18.1 Å². The van der Waals surface area contributed by atoms with Crippen molar-refractivity contribution in [2.24, 2.45) is 17.8 Å². The number of hydrogen-bond acceptors (Lipinski definition) is 5. The van der Waals surface area contributed by atoms with Gasteiger partial charge >= 0.3 is 12.1 Å². The Morgan fingerprint density at radius 1 is 1.17 bits per heavy atom. The maximum Gasteiger partial charge on any atom is 0.407 e. The van der Waals surface area contributed by atoms with Crippen LogP contribution >= 0.6 is 0 Å². The van der Waals surface area contributed by atoms with Gasteiger partial charge in [0.2, 0.25) is 0 Å². The van der Waals surface area contributed by atoms with Crippen LogP contribution in [0.1, 0.15) is 58.1 Å². The van der Waals surface area contributed by atoms with E-state index < -0.39 is 0 Å². The van der Waals surface area contributed by atoms with Crippen LogP contribution in [0.4, 0.5) is 9.18 Å². The van der Waals surface area contributed by atoms with Crippen LogP contribution in [0.3, 0.4) is 0 Å². The number of cyclic esters (lactones) is 1. The van der Waals surface area contributed by atoms with Gasteiger partial charge in [-0.1, -0.05) is 37.1 Å². The summed E-state index contributed by atoms with van der Waals surface area (Å²) in [5.74, 6) is -0.250. The van der Waals surface area contributed by atoms with Gasteiger partial charge in [0.1, 0.15) is 11.9 Å². The molecule has 2 heterocycles. The summed E-state index contributed by atoms with van der Waals surface area (Å²) in [6.45, 7) is 4.13. The highest BCUT2D eigenvalue weighted by Gasteiger charge is 2.45. The molecule has 1 aliphatic heterocycles. The van der Waals surface area contributed by atoms with Crippen LogP contribution in [-0.2, 0) is 14.3 Å². The summed E-state index contributed by atoms with van der Waals surface area (Å²) in [4.78, 5) is 29.2. The van der Waals surface area contributed by atoms with Gasteiger partial charge in [0.15, 0.2) is 0 Å². The van der Waals surface area contributed by atoms with Crippen LogP contribution in [0.15, 0.2) is 48.7 Å². The number of fused-ring (bicyclic) bond motifs is 1. The molecule has 1 aromatic heterocycles. The van der Waals surface area contributed by atoms with Crippen LogP contribution in [0.25, 0.3) is 17.2 Å². The molecule has 5 atom stereocenters. The number of aromatic nitrogens is 1. The molecule has 4 rings (SSSR count). The summed E-state index contributed by atoms with van der Waals surface area (Å²) in [6.07, 6.45) is 10.5. The molecular weight excluding hydrogens is 459 g/mol. The highest BCUT2D eigenvalue weighted by atomic mass is 19.1. The van der Waals surface area contributed by atoms with Crippen LogP contribution < -0.4 is 5.32 Å². The van der Waals surface area contributed by atoms with Crippen molar-refractivity contribution in [3.05, 3.63) is 60.2 Å². The number of alkyl carbamates (subject to hydrolysis) is 1. The summed E-state index contributed by atoms with van der Waals surface area (Å²) in [7, 11) is 0. The average Bonchev–Trinajstić information content (AvgIpc) is 3.14. The van der Waals surface area contributed by atoms with Gasteiger partial charge in [0.25, 0.3) is 0 Å².